The summed E-state index contributed by atoms with van der Waals surface area (Å²) in [5, 5.41) is 39.4. The second-order valence-electron chi connectivity index (χ2n) is 8.69. The number of carbonyl (C=O) groups is 5. The van der Waals surface area contributed by atoms with Crippen molar-refractivity contribution in [2.45, 2.75) is 50.6 Å². The molecular formula is C27H38BN3O11. The number of carbonyl (C=O) groups excluding carboxylic acids is 4. The second kappa shape index (κ2) is 22.7. The van der Waals surface area contributed by atoms with Crippen LogP contribution in [0.3, 0.4) is 0 Å². The quantitative estimate of drug-likeness (QED) is 0.0465. The summed E-state index contributed by atoms with van der Waals surface area (Å²) >= 11 is 0. The summed E-state index contributed by atoms with van der Waals surface area (Å²) in [6, 6.07) is 4.70. The monoisotopic (exact) mass is 591 g/mol. The topological polar surface area (TPSA) is 212 Å². The number of carboxylic acid groups (broad SMARTS) is 1. The van der Waals surface area contributed by atoms with Crippen LogP contribution in [0.1, 0.15) is 37.7 Å². The lowest BCUT2D eigenvalue weighted by Crippen LogP contribution is -2.33. The van der Waals surface area contributed by atoms with Gasteiger partial charge in [0.2, 0.25) is 23.6 Å². The van der Waals surface area contributed by atoms with Gasteiger partial charge in [0.05, 0.1) is 58.7 Å². The third-order valence-corrected chi connectivity index (χ3v) is 5.50. The fourth-order valence-corrected chi connectivity index (χ4v) is 3.51. The Morgan fingerprint density at radius 1 is 1.07 bits per heavy atom. The van der Waals surface area contributed by atoms with Crippen LogP contribution in [0.5, 0.6) is 5.75 Å². The Morgan fingerprint density at radius 2 is 1.67 bits per heavy atom. The molecule has 2 saturated heterocycles. The van der Waals surface area contributed by atoms with Crippen molar-refractivity contribution in [3.05, 3.63) is 23.8 Å². The summed E-state index contributed by atoms with van der Waals surface area (Å²) < 4.78 is 10.1. The van der Waals surface area contributed by atoms with E-state index in [0.717, 1.165) is 5.56 Å². The van der Waals surface area contributed by atoms with Crippen molar-refractivity contribution in [2.24, 2.45) is 0 Å². The highest BCUT2D eigenvalue weighted by molar-refractivity contribution is 6.08. The van der Waals surface area contributed by atoms with E-state index in [4.69, 9.17) is 37.4 Å². The highest BCUT2D eigenvalue weighted by Crippen LogP contribution is 2.24. The minimum atomic E-state index is -0.459. The van der Waals surface area contributed by atoms with Crippen molar-refractivity contribution < 1.29 is 53.9 Å². The van der Waals surface area contributed by atoms with E-state index in [9.17, 15) is 24.3 Å². The summed E-state index contributed by atoms with van der Waals surface area (Å²) in [4.78, 5) is 56.1. The van der Waals surface area contributed by atoms with Crippen LogP contribution >= 0.6 is 0 Å². The van der Waals surface area contributed by atoms with E-state index in [0.29, 0.717) is 19.6 Å². The average molecular weight is 591 g/mol. The molecule has 4 amide bonds. The number of imide groups is 1. The van der Waals surface area contributed by atoms with Crippen LogP contribution in [-0.4, -0.2) is 115 Å². The summed E-state index contributed by atoms with van der Waals surface area (Å²) in [5.74, 6) is -1.09. The zero-order chi connectivity index (χ0) is 31.9. The minimum absolute atomic E-state index is 0.0398. The number of benzene rings is 1. The molecule has 42 heavy (non-hydrogen) atoms. The van der Waals surface area contributed by atoms with Gasteiger partial charge < -0.3 is 40.5 Å². The molecule has 14 nitrogen and oxygen atoms in total. The van der Waals surface area contributed by atoms with Crippen LogP contribution in [0.4, 0.5) is 5.69 Å². The lowest BCUT2D eigenvalue weighted by atomic mass is 9.96. The van der Waals surface area contributed by atoms with E-state index in [1.165, 1.54) is 11.0 Å². The van der Waals surface area contributed by atoms with Crippen LogP contribution < -0.4 is 10.6 Å². The molecule has 0 aliphatic carbocycles. The van der Waals surface area contributed by atoms with Crippen molar-refractivity contribution in [2.75, 3.05) is 44.8 Å². The number of ether oxygens (including phenoxy) is 2. The molecule has 0 unspecified atom stereocenters. The molecule has 3 rings (SSSR count). The Balaban J connectivity index is 0.00000107. The molecule has 6 N–H and O–H groups in total. The number of aliphatic hydroxyl groups is 2. The van der Waals surface area contributed by atoms with E-state index >= 15 is 0 Å². The van der Waals surface area contributed by atoms with Gasteiger partial charge in [0.1, 0.15) is 5.75 Å². The lowest BCUT2D eigenvalue weighted by molar-refractivity contribution is -0.139. The van der Waals surface area contributed by atoms with Gasteiger partial charge in [-0.05, 0) is 12.1 Å². The third-order valence-electron chi connectivity index (χ3n) is 5.50. The van der Waals surface area contributed by atoms with Gasteiger partial charge in [-0.1, -0.05) is 17.9 Å². The lowest BCUT2D eigenvalue weighted by Gasteiger charge is -2.21. The molecular weight excluding hydrogens is 553 g/mol. The van der Waals surface area contributed by atoms with E-state index in [1.54, 1.807) is 12.1 Å². The van der Waals surface area contributed by atoms with E-state index in [2.05, 4.69) is 23.5 Å². The number of aromatic hydroxyl groups is 1. The molecule has 15 heteroatoms. The third kappa shape index (κ3) is 16.3. The standard InChI is InChI=1S/C19H24BN3O6.C5H10O3.C2H2.CH2O2/c20-12-13-1-2-15(24)14(11-13)22-17(26)5-7-21-16(25)6-9-29-10-8-23-18(27)3-4-19(23)28;6-4-1-5(7)3-8-2-4;1-2;2-1-3/h1-2,11,24H,3-10,12H2,(H,21,25)(H,22,26);4-7H,1-3H2;1-2H;1H,(H,2,3)/t;4-,5+;;. The van der Waals surface area contributed by atoms with Crippen molar-refractivity contribution in [3.8, 4) is 18.6 Å². The Hall–Kier alpha value is -3.97. The van der Waals surface area contributed by atoms with Gasteiger partial charge >= 0.3 is 0 Å². The first-order valence-corrected chi connectivity index (χ1v) is 13.0. The highest BCUT2D eigenvalue weighted by atomic mass is 16.5. The van der Waals surface area contributed by atoms with Crippen molar-refractivity contribution >= 4 is 43.6 Å². The number of nitrogens with one attached hydrogen (secondary N) is 2. The molecule has 230 valence electrons. The Morgan fingerprint density at radius 3 is 2.19 bits per heavy atom. The van der Waals surface area contributed by atoms with Crippen LogP contribution in [0.25, 0.3) is 0 Å². The van der Waals surface area contributed by atoms with E-state index in [1.807, 2.05) is 0 Å². The molecule has 0 bridgehead atoms. The minimum Gasteiger partial charge on any atom is -0.506 e. The Bertz CT molecular complexity index is 998. The number of rotatable bonds is 11. The Labute approximate surface area is 245 Å². The molecule has 2 radical (unpaired) electrons. The van der Waals surface area contributed by atoms with Crippen molar-refractivity contribution in [1.29, 1.82) is 0 Å². The Kier molecular flexibility index (Phi) is 20.6. The molecule has 1 aromatic rings. The van der Waals surface area contributed by atoms with Crippen LogP contribution in [0.2, 0.25) is 0 Å². The van der Waals surface area contributed by atoms with Gasteiger partial charge in [-0.2, -0.15) is 0 Å². The fourth-order valence-electron chi connectivity index (χ4n) is 3.51. The maximum Gasteiger partial charge on any atom is 0.290 e. The molecule has 0 aromatic heterocycles. The van der Waals surface area contributed by atoms with Gasteiger partial charge in [-0.25, -0.2) is 0 Å². The average Bonchev–Trinajstić information content (AvgIpc) is 3.28. The molecule has 2 aliphatic rings. The number of likely N-dealkylation sites (tertiary alicyclic amines) is 1. The predicted molar refractivity (Wildman–Crippen MR) is 151 cm³/mol. The molecule has 2 atom stereocenters. The molecule has 2 fully saturated rings. The zero-order valence-corrected chi connectivity index (χ0v) is 23.3. The number of hydrogen-bond acceptors (Lipinski definition) is 10. The first kappa shape index (κ1) is 38.0. The molecule has 0 saturated carbocycles. The van der Waals surface area contributed by atoms with Gasteiger partial charge in [0.25, 0.3) is 6.47 Å². The number of hydrogen-bond donors (Lipinski definition) is 6. The summed E-state index contributed by atoms with van der Waals surface area (Å²) in [7, 11) is 5.53. The number of terminal acetylenes is 1. The maximum absolute atomic E-state index is 11.9. The summed E-state index contributed by atoms with van der Waals surface area (Å²) in [6.07, 6.45) is 8.45. The fraction of sp³-hybridized carbons (Fsp3) is 0.519. The smallest absolute Gasteiger partial charge is 0.290 e. The van der Waals surface area contributed by atoms with Gasteiger partial charge in [0, 0.05) is 38.6 Å². The second-order valence-corrected chi connectivity index (χ2v) is 8.69. The first-order chi connectivity index (χ1) is 20.1. The molecule has 0 spiro atoms. The SMILES string of the molecule is C#C.O=CO.O[C@@H]1COC[C@H](O)C1.[B]Cc1ccc(O)c(NC(=O)CCNC(=O)CCOCCN2C(=O)CCC2=O)c1. The van der Waals surface area contributed by atoms with Gasteiger partial charge in [-0.3, -0.25) is 28.9 Å². The summed E-state index contributed by atoms with van der Waals surface area (Å²) in [5.41, 5.74) is 1.04. The molecule has 1 aromatic carbocycles. The van der Waals surface area contributed by atoms with Gasteiger partial charge in [0.15, 0.2) is 0 Å². The molecule has 2 heterocycles. The number of aliphatic hydroxyl groups excluding tert-OH is 2. The number of amides is 4. The van der Waals surface area contributed by atoms with Crippen LogP contribution in [0.15, 0.2) is 18.2 Å². The number of phenols is 1. The normalized spacial score (nSPS) is 17.3. The first-order valence-electron chi connectivity index (χ1n) is 13.0. The zero-order valence-electron chi connectivity index (χ0n) is 23.3. The number of anilines is 1. The van der Waals surface area contributed by atoms with Crippen LogP contribution in [0, 0.1) is 12.8 Å². The van der Waals surface area contributed by atoms with Crippen molar-refractivity contribution in [3.63, 3.8) is 0 Å². The maximum atomic E-state index is 11.9. The van der Waals surface area contributed by atoms with E-state index < -0.39 is 12.2 Å². The van der Waals surface area contributed by atoms with Crippen LogP contribution in [-0.2, 0) is 39.8 Å². The molecule has 2 aliphatic heterocycles. The van der Waals surface area contributed by atoms with E-state index in [-0.39, 0.29) is 99.8 Å². The van der Waals surface area contributed by atoms with Crippen molar-refractivity contribution in [1.82, 2.24) is 10.2 Å². The number of phenolic OH excluding ortho intramolecular Hbond substituents is 1. The summed E-state index contributed by atoms with van der Waals surface area (Å²) in [6.45, 7) is 1.15. The predicted octanol–water partition coefficient (Wildman–Crippen LogP) is -0.860. The van der Waals surface area contributed by atoms with Gasteiger partial charge in [-0.15, -0.1) is 12.8 Å². The highest BCUT2D eigenvalue weighted by Gasteiger charge is 2.28. The number of nitrogens with zero attached hydrogens (tertiary/aromatic N) is 1. The largest absolute Gasteiger partial charge is 0.506 e.